The Morgan fingerprint density at radius 1 is 1.56 bits per heavy atom. The van der Waals surface area contributed by atoms with Crippen LogP contribution in [-0.2, 0) is 11.2 Å². The number of amides is 1. The van der Waals surface area contributed by atoms with Gasteiger partial charge in [-0.25, -0.2) is 4.90 Å². The second-order valence-electron chi connectivity index (χ2n) is 4.12. The Kier molecular flexibility index (Phi) is 5.60. The van der Waals surface area contributed by atoms with Gasteiger partial charge in [0.25, 0.3) is 5.91 Å². The molecule has 0 aliphatic rings. The highest BCUT2D eigenvalue weighted by atomic mass is 79.9. The number of hydrogen-bond acceptors (Lipinski definition) is 2. The van der Waals surface area contributed by atoms with E-state index < -0.39 is 0 Å². The molecule has 94 valence electrons. The molecule has 0 atom stereocenters. The maximum absolute atomic E-state index is 11.5. The van der Waals surface area contributed by atoms with Crippen molar-refractivity contribution in [3.8, 4) is 6.19 Å². The summed E-state index contributed by atoms with van der Waals surface area (Å²) < 4.78 is 1.06. The summed E-state index contributed by atoms with van der Waals surface area (Å²) in [7, 11) is 1.46. The van der Waals surface area contributed by atoms with Crippen LogP contribution in [0.4, 0.5) is 0 Å². The molecule has 0 aliphatic carbocycles. The summed E-state index contributed by atoms with van der Waals surface area (Å²) in [4.78, 5) is 12.5. The molecule has 1 aromatic rings. The number of carbonyl (C=O) groups is 1. The number of aryl methyl sites for hydroxylation is 1. The first-order valence-electron chi connectivity index (χ1n) is 5.62. The van der Waals surface area contributed by atoms with E-state index in [4.69, 9.17) is 5.26 Å². The van der Waals surface area contributed by atoms with Crippen LogP contribution in [0.3, 0.4) is 0 Å². The van der Waals surface area contributed by atoms with E-state index in [1.165, 1.54) is 18.7 Å². The Bertz CT molecular complexity index is 503. The molecule has 0 radical (unpaired) electrons. The van der Waals surface area contributed by atoms with Crippen molar-refractivity contribution in [1.29, 1.82) is 5.26 Å². The van der Waals surface area contributed by atoms with Crippen LogP contribution in [0.5, 0.6) is 0 Å². The van der Waals surface area contributed by atoms with Crippen molar-refractivity contribution in [2.24, 2.45) is 0 Å². The number of nitriles is 1. The Morgan fingerprint density at radius 2 is 2.28 bits per heavy atom. The van der Waals surface area contributed by atoms with Gasteiger partial charge >= 0.3 is 0 Å². The van der Waals surface area contributed by atoms with E-state index in [-0.39, 0.29) is 5.91 Å². The smallest absolute Gasteiger partial charge is 0.259 e. The highest BCUT2D eigenvalue weighted by Crippen LogP contribution is 2.15. The Labute approximate surface area is 116 Å². The monoisotopic (exact) mass is 306 g/mol. The Hall–Kier alpha value is -1.60. The molecule has 0 bridgehead atoms. The number of benzene rings is 1. The third-order valence-corrected chi connectivity index (χ3v) is 3.04. The molecule has 0 aliphatic heterocycles. The van der Waals surface area contributed by atoms with Gasteiger partial charge in [0.05, 0.1) is 0 Å². The van der Waals surface area contributed by atoms with Gasteiger partial charge in [-0.15, -0.1) is 0 Å². The van der Waals surface area contributed by atoms with Gasteiger partial charge in [0.15, 0.2) is 6.19 Å². The van der Waals surface area contributed by atoms with Crippen LogP contribution >= 0.6 is 15.9 Å². The van der Waals surface area contributed by atoms with Crippen molar-refractivity contribution < 1.29 is 4.79 Å². The SMILES string of the molecule is CC(=CC(=O)N(C)C#N)CCc1cccc(Br)c1. The first kappa shape index (κ1) is 14.5. The standard InChI is InChI=1S/C14H15BrN2O/c1-11(8-14(18)17(2)10-16)6-7-12-4-3-5-13(15)9-12/h3-5,8-9H,6-7H2,1-2H3. The molecular formula is C14H15BrN2O. The average molecular weight is 307 g/mol. The zero-order valence-corrected chi connectivity index (χ0v) is 12.1. The fraction of sp³-hybridized carbons (Fsp3) is 0.286. The maximum Gasteiger partial charge on any atom is 0.259 e. The molecule has 0 saturated carbocycles. The molecule has 18 heavy (non-hydrogen) atoms. The van der Waals surface area contributed by atoms with Crippen LogP contribution in [-0.4, -0.2) is 17.9 Å². The summed E-state index contributed by atoms with van der Waals surface area (Å²) in [5.41, 5.74) is 2.19. The van der Waals surface area contributed by atoms with Crippen molar-refractivity contribution >= 4 is 21.8 Å². The predicted octanol–water partition coefficient (Wildman–Crippen LogP) is 3.27. The molecule has 3 nitrogen and oxygen atoms in total. The van der Waals surface area contributed by atoms with Crippen molar-refractivity contribution in [3.63, 3.8) is 0 Å². The van der Waals surface area contributed by atoms with E-state index in [1.807, 2.05) is 19.1 Å². The third kappa shape index (κ3) is 4.72. The Balaban J connectivity index is 2.56. The molecule has 1 aromatic carbocycles. The number of rotatable bonds is 4. The minimum absolute atomic E-state index is 0.274. The summed E-state index contributed by atoms with van der Waals surface area (Å²) >= 11 is 3.43. The number of carbonyl (C=O) groups excluding carboxylic acids is 1. The fourth-order valence-electron chi connectivity index (χ4n) is 1.46. The van der Waals surface area contributed by atoms with Gasteiger partial charge in [-0.2, -0.15) is 5.26 Å². The molecule has 0 heterocycles. The minimum Gasteiger partial charge on any atom is -0.269 e. The first-order valence-corrected chi connectivity index (χ1v) is 6.41. The average Bonchev–Trinajstić information content (AvgIpc) is 2.35. The number of halogens is 1. The van der Waals surface area contributed by atoms with Crippen molar-refractivity contribution in [1.82, 2.24) is 4.90 Å². The van der Waals surface area contributed by atoms with Crippen molar-refractivity contribution in [2.75, 3.05) is 7.05 Å². The molecule has 0 aromatic heterocycles. The quantitative estimate of drug-likeness (QED) is 0.487. The number of nitrogens with zero attached hydrogens (tertiary/aromatic N) is 2. The lowest BCUT2D eigenvalue weighted by Crippen LogP contribution is -2.18. The lowest BCUT2D eigenvalue weighted by Gasteiger charge is -2.05. The lowest BCUT2D eigenvalue weighted by atomic mass is 10.1. The van der Waals surface area contributed by atoms with Gasteiger partial charge in [0.2, 0.25) is 0 Å². The molecule has 1 rings (SSSR count). The van der Waals surface area contributed by atoms with Crippen LogP contribution in [0.2, 0.25) is 0 Å². The van der Waals surface area contributed by atoms with Crippen LogP contribution in [0, 0.1) is 11.5 Å². The van der Waals surface area contributed by atoms with Crippen molar-refractivity contribution in [3.05, 3.63) is 46.0 Å². The van der Waals surface area contributed by atoms with E-state index >= 15 is 0 Å². The molecule has 4 heteroatoms. The topological polar surface area (TPSA) is 44.1 Å². The molecule has 0 saturated heterocycles. The van der Waals surface area contributed by atoms with Gasteiger partial charge in [0, 0.05) is 17.6 Å². The summed E-state index contributed by atoms with van der Waals surface area (Å²) in [5, 5.41) is 8.58. The third-order valence-electron chi connectivity index (χ3n) is 2.55. The second-order valence-corrected chi connectivity index (χ2v) is 5.03. The van der Waals surface area contributed by atoms with Crippen molar-refractivity contribution in [2.45, 2.75) is 19.8 Å². The first-order chi connectivity index (χ1) is 8.52. The van der Waals surface area contributed by atoms with Crippen LogP contribution < -0.4 is 0 Å². The van der Waals surface area contributed by atoms with E-state index in [2.05, 4.69) is 28.1 Å². The van der Waals surface area contributed by atoms with E-state index in [0.717, 1.165) is 27.8 Å². The number of likely N-dealkylation sites (N-methyl/N-ethyl adjacent to an activating group) is 1. The molecule has 0 fully saturated rings. The zero-order chi connectivity index (χ0) is 13.5. The number of allylic oxidation sites excluding steroid dienone is 1. The molecule has 0 N–H and O–H groups in total. The summed E-state index contributed by atoms with van der Waals surface area (Å²) in [5.74, 6) is -0.274. The predicted molar refractivity (Wildman–Crippen MR) is 74.6 cm³/mol. The highest BCUT2D eigenvalue weighted by Gasteiger charge is 2.04. The summed E-state index contributed by atoms with van der Waals surface area (Å²) in [6.07, 6.45) is 4.99. The highest BCUT2D eigenvalue weighted by molar-refractivity contribution is 9.10. The van der Waals surface area contributed by atoms with Gasteiger partial charge in [0.1, 0.15) is 0 Å². The maximum atomic E-state index is 11.5. The van der Waals surface area contributed by atoms with Gasteiger partial charge in [-0.3, -0.25) is 4.79 Å². The zero-order valence-electron chi connectivity index (χ0n) is 10.5. The molecule has 0 unspecified atom stereocenters. The van der Waals surface area contributed by atoms with Gasteiger partial charge < -0.3 is 0 Å². The van der Waals surface area contributed by atoms with Crippen LogP contribution in [0.15, 0.2) is 40.4 Å². The fourth-order valence-corrected chi connectivity index (χ4v) is 1.91. The van der Waals surface area contributed by atoms with E-state index in [1.54, 1.807) is 6.19 Å². The number of hydrogen-bond donors (Lipinski definition) is 0. The summed E-state index contributed by atoms with van der Waals surface area (Å²) in [6.45, 7) is 1.90. The lowest BCUT2D eigenvalue weighted by molar-refractivity contribution is -0.122. The van der Waals surface area contributed by atoms with Gasteiger partial charge in [-0.1, -0.05) is 33.6 Å². The summed E-state index contributed by atoms with van der Waals surface area (Å²) in [6, 6.07) is 8.10. The van der Waals surface area contributed by atoms with Crippen LogP contribution in [0.25, 0.3) is 0 Å². The Morgan fingerprint density at radius 3 is 2.89 bits per heavy atom. The molecular weight excluding hydrogens is 292 g/mol. The minimum atomic E-state index is -0.274. The molecule has 1 amide bonds. The van der Waals surface area contributed by atoms with E-state index in [9.17, 15) is 4.79 Å². The van der Waals surface area contributed by atoms with Crippen LogP contribution in [0.1, 0.15) is 18.9 Å². The van der Waals surface area contributed by atoms with E-state index in [0.29, 0.717) is 0 Å². The second kappa shape index (κ2) is 6.97. The molecule has 0 spiro atoms. The largest absolute Gasteiger partial charge is 0.269 e. The normalized spacial score (nSPS) is 10.9. The van der Waals surface area contributed by atoms with Gasteiger partial charge in [-0.05, 0) is 37.5 Å².